The molecule has 0 aliphatic rings. The lowest BCUT2D eigenvalue weighted by molar-refractivity contribution is -0.139. The first-order chi connectivity index (χ1) is 12.5. The fraction of sp³-hybridized carbons (Fsp3) is 0.222. The van der Waals surface area contributed by atoms with E-state index < -0.39 is 5.97 Å². The third-order valence-corrected chi connectivity index (χ3v) is 5.19. The summed E-state index contributed by atoms with van der Waals surface area (Å²) < 4.78 is 18.5. The minimum absolute atomic E-state index is 0.0817. The lowest BCUT2D eigenvalue weighted by Gasteiger charge is -2.06. The summed E-state index contributed by atoms with van der Waals surface area (Å²) in [5.41, 5.74) is 0.646. The summed E-state index contributed by atoms with van der Waals surface area (Å²) in [5, 5.41) is 3.30. The molecule has 0 spiro atoms. The second kappa shape index (κ2) is 11.1. The average Bonchev–Trinajstić information content (AvgIpc) is 2.62. The Labute approximate surface area is 164 Å². The van der Waals surface area contributed by atoms with Crippen LogP contribution in [0.25, 0.3) is 0 Å². The van der Waals surface area contributed by atoms with Gasteiger partial charge in [-0.25, -0.2) is 4.39 Å². The normalized spacial score (nSPS) is 10.4. The van der Waals surface area contributed by atoms with E-state index >= 15 is 0 Å². The molecule has 0 aliphatic carbocycles. The second-order valence-electron chi connectivity index (χ2n) is 5.05. The number of nitrogens with one attached hydrogen (secondary N) is 1. The highest BCUT2D eigenvalue weighted by Crippen LogP contribution is 2.20. The van der Waals surface area contributed by atoms with E-state index in [-0.39, 0.29) is 29.8 Å². The number of carbonyl (C=O) groups is 2. The Morgan fingerprint density at radius 3 is 2.54 bits per heavy atom. The van der Waals surface area contributed by atoms with Gasteiger partial charge < -0.3 is 10.1 Å². The maximum Gasteiger partial charge on any atom is 0.315 e. The summed E-state index contributed by atoms with van der Waals surface area (Å²) in [4.78, 5) is 23.9. The van der Waals surface area contributed by atoms with Crippen molar-refractivity contribution in [1.29, 1.82) is 0 Å². The Bertz CT molecular complexity index is 743. The summed E-state index contributed by atoms with van der Waals surface area (Å²) in [7, 11) is 0. The number of rotatable bonds is 9. The molecule has 4 nitrogen and oxygen atoms in total. The van der Waals surface area contributed by atoms with Crippen molar-refractivity contribution in [3.05, 3.63) is 59.4 Å². The number of hydrogen-bond acceptors (Lipinski definition) is 5. The molecule has 0 radical (unpaired) electrons. The van der Waals surface area contributed by atoms with Crippen molar-refractivity contribution in [2.45, 2.75) is 4.90 Å². The first kappa shape index (κ1) is 20.6. The van der Waals surface area contributed by atoms with Gasteiger partial charge in [0.15, 0.2) is 0 Å². The third kappa shape index (κ3) is 7.68. The van der Waals surface area contributed by atoms with Gasteiger partial charge in [0.25, 0.3) is 0 Å². The predicted octanol–water partition coefficient (Wildman–Crippen LogP) is 4.49. The van der Waals surface area contributed by atoms with Crippen molar-refractivity contribution in [2.75, 3.05) is 29.2 Å². The van der Waals surface area contributed by atoms with Crippen LogP contribution < -0.4 is 5.32 Å². The van der Waals surface area contributed by atoms with Crippen LogP contribution in [-0.4, -0.2) is 35.7 Å². The maximum absolute atomic E-state index is 13.4. The van der Waals surface area contributed by atoms with Crippen LogP contribution in [0.2, 0.25) is 5.02 Å². The fourth-order valence-corrected chi connectivity index (χ4v) is 3.37. The third-order valence-electron chi connectivity index (χ3n) is 3.02. The van der Waals surface area contributed by atoms with E-state index in [0.717, 1.165) is 0 Å². The van der Waals surface area contributed by atoms with Crippen molar-refractivity contribution < 1.29 is 18.7 Å². The van der Waals surface area contributed by atoms with Gasteiger partial charge in [0.05, 0.1) is 11.5 Å². The lowest BCUT2D eigenvalue weighted by atomic mass is 10.3. The second-order valence-corrected chi connectivity index (χ2v) is 7.61. The number of anilines is 1. The van der Waals surface area contributed by atoms with E-state index in [1.54, 1.807) is 42.5 Å². The number of esters is 1. The molecule has 0 saturated carbocycles. The number of halogens is 2. The zero-order valence-corrected chi connectivity index (χ0v) is 16.1. The van der Waals surface area contributed by atoms with Crippen LogP contribution in [0.5, 0.6) is 0 Å². The van der Waals surface area contributed by atoms with Crippen molar-refractivity contribution in [2.24, 2.45) is 0 Å². The molecule has 0 fully saturated rings. The number of carbonyl (C=O) groups excluding carboxylic acids is 2. The number of hydrogen-bond donors (Lipinski definition) is 1. The van der Waals surface area contributed by atoms with Gasteiger partial charge in [-0.3, -0.25) is 9.59 Å². The minimum Gasteiger partial charge on any atom is -0.464 e. The maximum atomic E-state index is 13.4. The molecular formula is C18H17ClFNO3S2. The number of ether oxygens (including phenoxy) is 1. The largest absolute Gasteiger partial charge is 0.464 e. The van der Waals surface area contributed by atoms with Crippen molar-refractivity contribution >= 4 is 52.7 Å². The van der Waals surface area contributed by atoms with Gasteiger partial charge >= 0.3 is 5.97 Å². The monoisotopic (exact) mass is 413 g/mol. The summed E-state index contributed by atoms with van der Waals surface area (Å²) in [6.45, 7) is 0.190. The van der Waals surface area contributed by atoms with Gasteiger partial charge in [0.2, 0.25) is 5.91 Å². The Morgan fingerprint density at radius 1 is 1.08 bits per heavy atom. The molecule has 26 heavy (non-hydrogen) atoms. The quantitative estimate of drug-likeness (QED) is 0.373. The highest BCUT2D eigenvalue weighted by molar-refractivity contribution is 8.00. The van der Waals surface area contributed by atoms with Gasteiger partial charge in [-0.15, -0.1) is 23.5 Å². The molecule has 2 rings (SSSR count). The highest BCUT2D eigenvalue weighted by atomic mass is 35.5. The van der Waals surface area contributed by atoms with E-state index in [1.807, 2.05) is 0 Å². The molecule has 0 unspecified atom stereocenters. The van der Waals surface area contributed by atoms with Crippen molar-refractivity contribution in [3.8, 4) is 0 Å². The molecule has 0 aromatic heterocycles. The Morgan fingerprint density at radius 2 is 1.81 bits per heavy atom. The molecule has 0 aliphatic heterocycles. The minimum atomic E-state index is -0.400. The zero-order valence-electron chi connectivity index (χ0n) is 13.7. The van der Waals surface area contributed by atoms with E-state index in [4.69, 9.17) is 16.3 Å². The van der Waals surface area contributed by atoms with E-state index in [1.165, 1.54) is 29.6 Å². The summed E-state index contributed by atoms with van der Waals surface area (Å²) in [5.74, 6) is -0.205. The molecule has 0 atom stereocenters. The van der Waals surface area contributed by atoms with Gasteiger partial charge in [-0.1, -0.05) is 23.7 Å². The average molecular weight is 414 g/mol. The molecule has 0 heterocycles. The van der Waals surface area contributed by atoms with Crippen molar-refractivity contribution in [3.63, 3.8) is 0 Å². The molecule has 2 aromatic carbocycles. The standard InChI is InChI=1S/C18H17ClFNO3S2/c19-13-5-7-14(8-6-13)21-17(22)11-25-12-18(23)24-9-10-26-16-4-2-1-3-15(16)20/h1-8H,9-12H2,(H,21,22). The summed E-state index contributed by atoms with van der Waals surface area (Å²) in [6, 6.07) is 13.2. The topological polar surface area (TPSA) is 55.4 Å². The van der Waals surface area contributed by atoms with Gasteiger partial charge in [0.1, 0.15) is 12.4 Å². The predicted molar refractivity (Wildman–Crippen MR) is 105 cm³/mol. The SMILES string of the molecule is O=C(CSCC(=O)OCCSc1ccccc1F)Nc1ccc(Cl)cc1. The van der Waals surface area contributed by atoms with Gasteiger partial charge in [0, 0.05) is 21.4 Å². The highest BCUT2D eigenvalue weighted by Gasteiger charge is 2.08. The van der Waals surface area contributed by atoms with Crippen LogP contribution in [0.1, 0.15) is 0 Å². The lowest BCUT2D eigenvalue weighted by Crippen LogP contribution is -2.16. The first-order valence-corrected chi connectivity index (χ1v) is 10.2. The Balaban J connectivity index is 1.56. The molecule has 0 bridgehead atoms. The zero-order chi connectivity index (χ0) is 18.8. The number of thioether (sulfide) groups is 2. The van der Waals surface area contributed by atoms with Crippen molar-refractivity contribution in [1.82, 2.24) is 0 Å². The Kier molecular flexibility index (Phi) is 8.80. The van der Waals surface area contributed by atoms with Crippen LogP contribution in [-0.2, 0) is 14.3 Å². The molecule has 1 amide bonds. The molecule has 2 aromatic rings. The molecule has 8 heteroatoms. The number of benzene rings is 2. The molecule has 138 valence electrons. The van der Waals surface area contributed by atoms with Gasteiger partial charge in [-0.2, -0.15) is 0 Å². The summed E-state index contributed by atoms with van der Waals surface area (Å²) in [6.07, 6.45) is 0. The number of amides is 1. The summed E-state index contributed by atoms with van der Waals surface area (Å²) >= 11 is 8.23. The van der Waals surface area contributed by atoms with Gasteiger partial charge in [-0.05, 0) is 36.4 Å². The van der Waals surface area contributed by atoms with Crippen LogP contribution in [0.4, 0.5) is 10.1 Å². The van der Waals surface area contributed by atoms with E-state index in [0.29, 0.717) is 21.4 Å². The molecule has 1 N–H and O–H groups in total. The first-order valence-electron chi connectivity index (χ1n) is 7.70. The van der Waals surface area contributed by atoms with E-state index in [2.05, 4.69) is 5.32 Å². The van der Waals surface area contributed by atoms with E-state index in [9.17, 15) is 14.0 Å². The smallest absolute Gasteiger partial charge is 0.315 e. The van der Waals surface area contributed by atoms with Crippen LogP contribution in [0.15, 0.2) is 53.4 Å². The van der Waals surface area contributed by atoms with Crippen LogP contribution >= 0.6 is 35.1 Å². The molecular weight excluding hydrogens is 397 g/mol. The fourth-order valence-electron chi connectivity index (χ4n) is 1.87. The van der Waals surface area contributed by atoms with Crippen LogP contribution in [0, 0.1) is 5.82 Å². The Hall–Kier alpha value is -1.70. The molecule has 0 saturated heterocycles. The van der Waals surface area contributed by atoms with Crippen LogP contribution in [0.3, 0.4) is 0 Å².